The molecule has 18 heavy (non-hydrogen) atoms. The predicted octanol–water partition coefficient (Wildman–Crippen LogP) is 3.46. The van der Waals surface area contributed by atoms with E-state index in [1.165, 1.54) is 36.9 Å². The molecule has 3 heteroatoms. The van der Waals surface area contributed by atoms with Crippen molar-refractivity contribution in [2.75, 3.05) is 6.54 Å². The van der Waals surface area contributed by atoms with Gasteiger partial charge in [-0.2, -0.15) is 0 Å². The summed E-state index contributed by atoms with van der Waals surface area (Å²) in [5.41, 5.74) is 2.79. The average molecular weight is 310 g/mol. The Morgan fingerprint density at radius 2 is 2.28 bits per heavy atom. The lowest BCUT2D eigenvalue weighted by Crippen LogP contribution is -2.35. The summed E-state index contributed by atoms with van der Waals surface area (Å²) in [4.78, 5) is 0. The van der Waals surface area contributed by atoms with Crippen LogP contribution in [0.25, 0.3) is 0 Å². The van der Waals surface area contributed by atoms with E-state index in [1.54, 1.807) is 0 Å². The molecule has 1 N–H and O–H groups in total. The molecule has 0 saturated carbocycles. The molecule has 3 rings (SSSR count). The highest BCUT2D eigenvalue weighted by Gasteiger charge is 2.23. The first-order chi connectivity index (χ1) is 8.72. The monoisotopic (exact) mass is 309 g/mol. The largest absolute Gasteiger partial charge is 0.489 e. The number of hydrogen-bond donors (Lipinski definition) is 1. The fourth-order valence-electron chi connectivity index (χ4n) is 3.05. The summed E-state index contributed by atoms with van der Waals surface area (Å²) < 4.78 is 6.94. The van der Waals surface area contributed by atoms with E-state index >= 15 is 0 Å². The van der Waals surface area contributed by atoms with Gasteiger partial charge in [0.15, 0.2) is 0 Å². The number of piperidine rings is 1. The molecule has 1 aromatic carbocycles. The summed E-state index contributed by atoms with van der Waals surface area (Å²) in [7, 11) is 0. The van der Waals surface area contributed by atoms with Crippen LogP contribution in [-0.4, -0.2) is 18.7 Å². The van der Waals surface area contributed by atoms with Gasteiger partial charge in [-0.25, -0.2) is 0 Å². The summed E-state index contributed by atoms with van der Waals surface area (Å²) in [6, 6.07) is 5.22. The van der Waals surface area contributed by atoms with Crippen molar-refractivity contribution >= 4 is 15.9 Å². The van der Waals surface area contributed by atoms with Gasteiger partial charge in [0.2, 0.25) is 0 Å². The Morgan fingerprint density at radius 1 is 1.39 bits per heavy atom. The van der Waals surface area contributed by atoms with E-state index in [0.29, 0.717) is 12.1 Å². The van der Waals surface area contributed by atoms with Crippen LogP contribution in [0, 0.1) is 0 Å². The van der Waals surface area contributed by atoms with Crippen LogP contribution in [0.5, 0.6) is 5.75 Å². The molecule has 2 nitrogen and oxygen atoms in total. The number of nitrogens with one attached hydrogen (secondary N) is 1. The van der Waals surface area contributed by atoms with Crippen molar-refractivity contribution in [2.45, 2.75) is 51.2 Å². The van der Waals surface area contributed by atoms with Gasteiger partial charge in [0.05, 0.1) is 4.47 Å². The first kappa shape index (κ1) is 12.5. The molecule has 1 aromatic rings. The van der Waals surface area contributed by atoms with Gasteiger partial charge in [0.1, 0.15) is 11.9 Å². The van der Waals surface area contributed by atoms with E-state index in [0.717, 1.165) is 23.1 Å². The van der Waals surface area contributed by atoms with Gasteiger partial charge in [0, 0.05) is 12.5 Å². The topological polar surface area (TPSA) is 21.3 Å². The van der Waals surface area contributed by atoms with Crippen LogP contribution in [0.1, 0.15) is 37.3 Å². The van der Waals surface area contributed by atoms with Gasteiger partial charge in [0.25, 0.3) is 0 Å². The first-order valence-corrected chi connectivity index (χ1v) is 7.73. The lowest BCUT2D eigenvalue weighted by atomic mass is 9.96. The van der Waals surface area contributed by atoms with E-state index in [1.807, 2.05) is 0 Å². The lowest BCUT2D eigenvalue weighted by Gasteiger charge is -2.23. The van der Waals surface area contributed by atoms with E-state index < -0.39 is 0 Å². The SMILES string of the molecule is CC1Cc2cc(CC3CCCCN3)cc(Br)c2O1. The Bertz CT molecular complexity index is 440. The van der Waals surface area contributed by atoms with Crippen molar-refractivity contribution in [3.63, 3.8) is 0 Å². The molecule has 98 valence electrons. The van der Waals surface area contributed by atoms with Crippen LogP contribution in [0.3, 0.4) is 0 Å². The third-order valence-corrected chi connectivity index (χ3v) is 4.49. The molecule has 2 unspecified atom stereocenters. The standard InChI is InChI=1S/C15H20BrNO/c1-10-6-12-7-11(9-14(16)15(12)18-10)8-13-4-2-3-5-17-13/h7,9-10,13,17H,2-6,8H2,1H3. The van der Waals surface area contributed by atoms with Gasteiger partial charge in [-0.1, -0.05) is 12.5 Å². The Hall–Kier alpha value is -0.540. The van der Waals surface area contributed by atoms with Crippen molar-refractivity contribution in [2.24, 2.45) is 0 Å². The second-order valence-electron chi connectivity index (χ2n) is 5.55. The molecule has 1 fully saturated rings. The van der Waals surface area contributed by atoms with Crippen molar-refractivity contribution in [3.8, 4) is 5.75 Å². The number of benzene rings is 1. The van der Waals surface area contributed by atoms with Crippen LogP contribution in [0.15, 0.2) is 16.6 Å². The summed E-state index contributed by atoms with van der Waals surface area (Å²) in [5.74, 6) is 1.06. The average Bonchev–Trinajstić information content (AvgIpc) is 2.72. The van der Waals surface area contributed by atoms with E-state index in [4.69, 9.17) is 4.74 Å². The van der Waals surface area contributed by atoms with Crippen LogP contribution in [0.4, 0.5) is 0 Å². The van der Waals surface area contributed by atoms with Crippen molar-refractivity contribution in [3.05, 3.63) is 27.7 Å². The number of halogens is 1. The van der Waals surface area contributed by atoms with Crippen LogP contribution < -0.4 is 10.1 Å². The normalized spacial score (nSPS) is 26.8. The fraction of sp³-hybridized carbons (Fsp3) is 0.600. The highest BCUT2D eigenvalue weighted by Crippen LogP contribution is 2.37. The third kappa shape index (κ3) is 2.57. The molecule has 1 saturated heterocycles. The van der Waals surface area contributed by atoms with Crippen LogP contribution in [-0.2, 0) is 12.8 Å². The zero-order valence-electron chi connectivity index (χ0n) is 10.8. The zero-order chi connectivity index (χ0) is 12.5. The van der Waals surface area contributed by atoms with Gasteiger partial charge < -0.3 is 10.1 Å². The first-order valence-electron chi connectivity index (χ1n) is 6.93. The second kappa shape index (κ2) is 5.22. The predicted molar refractivity (Wildman–Crippen MR) is 77.3 cm³/mol. The van der Waals surface area contributed by atoms with Gasteiger partial charge in [-0.3, -0.25) is 0 Å². The molecule has 2 aliphatic rings. The maximum Gasteiger partial charge on any atom is 0.137 e. The maximum absolute atomic E-state index is 5.82. The van der Waals surface area contributed by atoms with Crippen LogP contribution >= 0.6 is 15.9 Å². The molecule has 2 aliphatic heterocycles. The Kier molecular flexibility index (Phi) is 3.62. The Balaban J connectivity index is 1.77. The van der Waals surface area contributed by atoms with E-state index in [2.05, 4.69) is 40.3 Å². The minimum Gasteiger partial charge on any atom is -0.489 e. The molecule has 2 atom stereocenters. The zero-order valence-corrected chi connectivity index (χ0v) is 12.4. The highest BCUT2D eigenvalue weighted by molar-refractivity contribution is 9.10. The van der Waals surface area contributed by atoms with E-state index in [9.17, 15) is 0 Å². The van der Waals surface area contributed by atoms with Gasteiger partial charge in [-0.05, 0) is 65.9 Å². The number of ether oxygens (including phenoxy) is 1. The number of rotatable bonds is 2. The van der Waals surface area contributed by atoms with Crippen molar-refractivity contribution < 1.29 is 4.74 Å². The lowest BCUT2D eigenvalue weighted by molar-refractivity contribution is 0.253. The highest BCUT2D eigenvalue weighted by atomic mass is 79.9. The number of hydrogen-bond acceptors (Lipinski definition) is 2. The molecule has 0 aliphatic carbocycles. The maximum atomic E-state index is 5.82. The molecule has 0 bridgehead atoms. The van der Waals surface area contributed by atoms with Crippen molar-refractivity contribution in [1.29, 1.82) is 0 Å². The molecular weight excluding hydrogens is 290 g/mol. The molecule has 0 amide bonds. The molecule has 0 radical (unpaired) electrons. The van der Waals surface area contributed by atoms with Gasteiger partial charge in [-0.15, -0.1) is 0 Å². The smallest absolute Gasteiger partial charge is 0.137 e. The minimum atomic E-state index is 0.319. The minimum absolute atomic E-state index is 0.319. The number of fused-ring (bicyclic) bond motifs is 1. The molecular formula is C15H20BrNO. The molecule has 0 aromatic heterocycles. The fourth-order valence-corrected chi connectivity index (χ4v) is 3.69. The van der Waals surface area contributed by atoms with Crippen molar-refractivity contribution in [1.82, 2.24) is 5.32 Å². The molecule has 2 heterocycles. The van der Waals surface area contributed by atoms with E-state index in [-0.39, 0.29) is 0 Å². The summed E-state index contributed by atoms with van der Waals surface area (Å²) in [6.07, 6.45) is 6.50. The van der Waals surface area contributed by atoms with Gasteiger partial charge >= 0.3 is 0 Å². The van der Waals surface area contributed by atoms with Crippen LogP contribution in [0.2, 0.25) is 0 Å². The summed E-state index contributed by atoms with van der Waals surface area (Å²) in [5, 5.41) is 3.62. The second-order valence-corrected chi connectivity index (χ2v) is 6.40. The Labute approximate surface area is 117 Å². The summed E-state index contributed by atoms with van der Waals surface area (Å²) >= 11 is 3.65. The molecule has 0 spiro atoms. The summed E-state index contributed by atoms with van der Waals surface area (Å²) in [6.45, 7) is 3.31. The Morgan fingerprint density at radius 3 is 3.06 bits per heavy atom. The third-order valence-electron chi connectivity index (χ3n) is 3.90. The quantitative estimate of drug-likeness (QED) is 0.903.